The maximum atomic E-state index is 6.72. The predicted molar refractivity (Wildman–Crippen MR) is 122 cm³/mol. The summed E-state index contributed by atoms with van der Waals surface area (Å²) in [4.78, 5) is 2.54. The quantitative estimate of drug-likeness (QED) is 0.497. The van der Waals surface area contributed by atoms with Crippen LogP contribution in [0.1, 0.15) is 35.6 Å². The summed E-state index contributed by atoms with van der Waals surface area (Å²) >= 11 is 0. The monoisotopic (exact) mass is 401 g/mol. The Morgan fingerprint density at radius 2 is 1.60 bits per heavy atom. The van der Waals surface area contributed by atoms with Gasteiger partial charge in [-0.25, -0.2) is 0 Å². The van der Waals surface area contributed by atoms with Crippen molar-refractivity contribution in [2.24, 2.45) is 0 Å². The summed E-state index contributed by atoms with van der Waals surface area (Å²) in [6, 6.07) is 29.6. The summed E-state index contributed by atoms with van der Waals surface area (Å²) in [5.41, 5.74) is 3.76. The first-order valence-corrected chi connectivity index (χ1v) is 10.9. The molecule has 156 valence electrons. The van der Waals surface area contributed by atoms with E-state index in [1.807, 2.05) is 6.07 Å². The van der Waals surface area contributed by atoms with Crippen molar-refractivity contribution in [3.8, 4) is 5.75 Å². The Labute approximate surface area is 180 Å². The second kappa shape index (κ2) is 10.4. The van der Waals surface area contributed by atoms with Gasteiger partial charge in [-0.2, -0.15) is 0 Å². The van der Waals surface area contributed by atoms with Crippen LogP contribution in [0.3, 0.4) is 0 Å². The van der Waals surface area contributed by atoms with E-state index in [0.717, 1.165) is 38.2 Å². The molecule has 0 spiro atoms. The van der Waals surface area contributed by atoms with Gasteiger partial charge in [0.05, 0.1) is 13.2 Å². The first kappa shape index (κ1) is 20.6. The molecule has 3 nitrogen and oxygen atoms in total. The number of piperidine rings is 1. The summed E-state index contributed by atoms with van der Waals surface area (Å²) in [6.07, 6.45) is 3.56. The number of likely N-dealkylation sites (tertiary alicyclic amines) is 1. The molecule has 1 saturated heterocycles. The summed E-state index contributed by atoms with van der Waals surface area (Å²) in [7, 11) is 1.72. The van der Waals surface area contributed by atoms with E-state index < -0.39 is 0 Å². The van der Waals surface area contributed by atoms with Gasteiger partial charge in [0.25, 0.3) is 0 Å². The highest BCUT2D eigenvalue weighted by atomic mass is 16.5. The minimum absolute atomic E-state index is 0.0178. The van der Waals surface area contributed by atoms with E-state index in [1.54, 1.807) is 7.11 Å². The number of hydrogen-bond donors (Lipinski definition) is 0. The number of methoxy groups -OCH3 is 1. The Morgan fingerprint density at radius 1 is 0.900 bits per heavy atom. The third-order valence-electron chi connectivity index (χ3n) is 5.85. The van der Waals surface area contributed by atoms with Crippen LogP contribution < -0.4 is 4.74 Å². The van der Waals surface area contributed by atoms with E-state index in [9.17, 15) is 0 Å². The number of benzene rings is 3. The van der Waals surface area contributed by atoms with Crippen LogP contribution in [-0.2, 0) is 11.2 Å². The minimum atomic E-state index is -0.0178. The van der Waals surface area contributed by atoms with Crippen molar-refractivity contribution >= 4 is 0 Å². The van der Waals surface area contributed by atoms with Crippen LogP contribution >= 0.6 is 0 Å². The van der Waals surface area contributed by atoms with Crippen LogP contribution in [0.25, 0.3) is 0 Å². The van der Waals surface area contributed by atoms with Crippen molar-refractivity contribution < 1.29 is 9.47 Å². The highest BCUT2D eigenvalue weighted by Crippen LogP contribution is 2.29. The average Bonchev–Trinajstić information content (AvgIpc) is 2.83. The van der Waals surface area contributed by atoms with Gasteiger partial charge in [0.15, 0.2) is 0 Å². The topological polar surface area (TPSA) is 21.7 Å². The molecule has 1 aliphatic rings. The van der Waals surface area contributed by atoms with Crippen LogP contribution in [0.2, 0.25) is 0 Å². The lowest BCUT2D eigenvalue weighted by molar-refractivity contribution is -0.0330. The summed E-state index contributed by atoms with van der Waals surface area (Å²) < 4.78 is 12.1. The van der Waals surface area contributed by atoms with Crippen molar-refractivity contribution in [3.05, 3.63) is 102 Å². The molecule has 1 aliphatic heterocycles. The summed E-state index contributed by atoms with van der Waals surface area (Å²) in [6.45, 7) is 3.18. The summed E-state index contributed by atoms with van der Waals surface area (Å²) in [5.74, 6) is 0.931. The van der Waals surface area contributed by atoms with E-state index in [4.69, 9.17) is 9.47 Å². The van der Waals surface area contributed by atoms with E-state index >= 15 is 0 Å². The van der Waals surface area contributed by atoms with Gasteiger partial charge in [-0.15, -0.1) is 0 Å². The Hall–Kier alpha value is -2.62. The number of hydrogen-bond acceptors (Lipinski definition) is 3. The van der Waals surface area contributed by atoms with Crippen LogP contribution in [0.5, 0.6) is 5.75 Å². The first-order chi connectivity index (χ1) is 14.8. The van der Waals surface area contributed by atoms with Crippen molar-refractivity contribution in [1.82, 2.24) is 4.90 Å². The fourth-order valence-electron chi connectivity index (χ4n) is 4.24. The van der Waals surface area contributed by atoms with Gasteiger partial charge in [-0.05, 0) is 54.6 Å². The maximum Gasteiger partial charge on any atom is 0.119 e. The first-order valence-electron chi connectivity index (χ1n) is 10.9. The highest BCUT2D eigenvalue weighted by molar-refractivity contribution is 5.30. The molecule has 1 heterocycles. The van der Waals surface area contributed by atoms with E-state index in [0.29, 0.717) is 0 Å². The lowest BCUT2D eigenvalue weighted by Gasteiger charge is -2.35. The molecule has 30 heavy (non-hydrogen) atoms. The zero-order chi connectivity index (χ0) is 20.6. The molecule has 1 unspecified atom stereocenters. The number of rotatable bonds is 8. The lowest BCUT2D eigenvalue weighted by atomic mass is 10.00. The molecular formula is C27H31NO2. The number of ether oxygens (including phenoxy) is 2. The average molecular weight is 402 g/mol. The van der Waals surface area contributed by atoms with Crippen molar-refractivity contribution in [2.45, 2.75) is 31.5 Å². The molecule has 3 aromatic rings. The lowest BCUT2D eigenvalue weighted by Crippen LogP contribution is -2.41. The largest absolute Gasteiger partial charge is 0.497 e. The third kappa shape index (κ3) is 5.50. The Balaban J connectivity index is 1.40. The van der Waals surface area contributed by atoms with Crippen molar-refractivity contribution in [1.29, 1.82) is 0 Å². The van der Waals surface area contributed by atoms with Crippen LogP contribution in [0.15, 0.2) is 84.9 Å². The molecule has 0 aliphatic carbocycles. The predicted octanol–water partition coefficient (Wildman–Crippen LogP) is 5.51. The highest BCUT2D eigenvalue weighted by Gasteiger charge is 2.25. The van der Waals surface area contributed by atoms with Crippen LogP contribution in [-0.4, -0.2) is 37.7 Å². The van der Waals surface area contributed by atoms with E-state index in [-0.39, 0.29) is 12.2 Å². The molecule has 0 radical (unpaired) electrons. The van der Waals surface area contributed by atoms with Gasteiger partial charge in [-0.3, -0.25) is 0 Å². The van der Waals surface area contributed by atoms with Gasteiger partial charge in [0.2, 0.25) is 0 Å². The third-order valence-corrected chi connectivity index (χ3v) is 5.85. The molecule has 3 heteroatoms. The summed E-state index contributed by atoms with van der Waals surface area (Å²) in [5, 5.41) is 0. The van der Waals surface area contributed by atoms with Crippen LogP contribution in [0.4, 0.5) is 0 Å². The molecule has 1 fully saturated rings. The standard InChI is InChI=1S/C27H31NO2/c1-29-25-15-8-10-22(20-25)17-19-28-18-9-16-26(21-28)30-27(23-11-4-2-5-12-23)24-13-6-3-7-14-24/h2-8,10-15,20,26-27H,9,16-19,21H2,1H3. The fourth-order valence-corrected chi connectivity index (χ4v) is 4.24. The molecular weight excluding hydrogens is 370 g/mol. The number of nitrogens with zero attached hydrogens (tertiary/aromatic N) is 1. The zero-order valence-electron chi connectivity index (χ0n) is 17.7. The van der Waals surface area contributed by atoms with Gasteiger partial charge in [0, 0.05) is 13.1 Å². The molecule has 1 atom stereocenters. The zero-order valence-corrected chi connectivity index (χ0v) is 17.7. The molecule has 4 rings (SSSR count). The minimum Gasteiger partial charge on any atom is -0.497 e. The van der Waals surface area contributed by atoms with Crippen molar-refractivity contribution in [2.75, 3.05) is 26.7 Å². The van der Waals surface area contributed by atoms with E-state index in [2.05, 4.69) is 83.8 Å². The van der Waals surface area contributed by atoms with Gasteiger partial charge < -0.3 is 14.4 Å². The van der Waals surface area contributed by atoms with Gasteiger partial charge in [-0.1, -0.05) is 72.8 Å². The van der Waals surface area contributed by atoms with Gasteiger partial charge >= 0.3 is 0 Å². The Bertz CT molecular complexity index is 858. The van der Waals surface area contributed by atoms with Gasteiger partial charge in [0.1, 0.15) is 11.9 Å². The molecule has 0 bridgehead atoms. The SMILES string of the molecule is COc1cccc(CCN2CCCC(OC(c3ccccc3)c3ccccc3)C2)c1. The smallest absolute Gasteiger partial charge is 0.119 e. The molecule has 0 saturated carbocycles. The Morgan fingerprint density at radius 3 is 2.27 bits per heavy atom. The van der Waals surface area contributed by atoms with Crippen molar-refractivity contribution in [3.63, 3.8) is 0 Å². The Kier molecular flexibility index (Phi) is 7.17. The molecule has 0 N–H and O–H groups in total. The second-order valence-corrected chi connectivity index (χ2v) is 8.00. The van der Waals surface area contributed by atoms with Crippen LogP contribution in [0, 0.1) is 0 Å². The fraction of sp³-hybridized carbons (Fsp3) is 0.333. The van der Waals surface area contributed by atoms with E-state index in [1.165, 1.54) is 23.1 Å². The maximum absolute atomic E-state index is 6.72. The molecule has 0 amide bonds. The normalized spacial score (nSPS) is 17.2. The molecule has 0 aromatic heterocycles. The molecule has 3 aromatic carbocycles. The second-order valence-electron chi connectivity index (χ2n) is 8.00.